The summed E-state index contributed by atoms with van der Waals surface area (Å²) in [6.45, 7) is 10.5. The van der Waals surface area contributed by atoms with Crippen molar-refractivity contribution in [1.29, 1.82) is 0 Å². The highest BCUT2D eigenvalue weighted by molar-refractivity contribution is 6.25. The Morgan fingerprint density at radius 3 is 1.94 bits per heavy atom. The number of Topliss-reactive ketones (excluding diaryl/α,β-unsaturated/α-hetero) is 2. The molecule has 1 aliphatic carbocycles. The summed E-state index contributed by atoms with van der Waals surface area (Å²) in [6, 6.07) is 7.67. The van der Waals surface area contributed by atoms with Crippen LogP contribution in [0.3, 0.4) is 0 Å². The van der Waals surface area contributed by atoms with Crippen molar-refractivity contribution in [3.63, 3.8) is 0 Å². The van der Waals surface area contributed by atoms with Gasteiger partial charge in [0.05, 0.1) is 0 Å². The maximum absolute atomic E-state index is 13.2. The molecule has 7 heteroatoms. The van der Waals surface area contributed by atoms with Gasteiger partial charge in [0, 0.05) is 77.4 Å². The number of halogens is 2. The van der Waals surface area contributed by atoms with Gasteiger partial charge in [0.1, 0.15) is 0 Å². The van der Waals surface area contributed by atoms with Crippen molar-refractivity contribution >= 4 is 52.1 Å². The molecule has 34 heavy (non-hydrogen) atoms. The minimum Gasteiger partial charge on any atom is -0.369 e. The van der Waals surface area contributed by atoms with Crippen LogP contribution in [0.1, 0.15) is 53.9 Å². The molecule has 0 unspecified atom stereocenters. The zero-order valence-electron chi connectivity index (χ0n) is 21.1. The third-order valence-electron chi connectivity index (χ3n) is 6.47. The molecule has 0 atom stereocenters. The minimum atomic E-state index is -0.779. The highest BCUT2D eigenvalue weighted by Crippen LogP contribution is 2.40. The van der Waals surface area contributed by atoms with Gasteiger partial charge in [-0.25, -0.2) is 0 Å². The highest BCUT2D eigenvalue weighted by Gasteiger charge is 2.39. The number of nitrogens with zero attached hydrogens (tertiary/aromatic N) is 2. The molecule has 1 amide bonds. The van der Waals surface area contributed by atoms with Gasteiger partial charge in [0.2, 0.25) is 5.91 Å². The zero-order chi connectivity index (χ0) is 25.6. The Morgan fingerprint density at radius 1 is 0.912 bits per heavy atom. The van der Waals surface area contributed by atoms with Crippen molar-refractivity contribution in [1.82, 2.24) is 0 Å². The summed E-state index contributed by atoms with van der Waals surface area (Å²) >= 11 is 11.8. The predicted molar refractivity (Wildman–Crippen MR) is 142 cm³/mol. The van der Waals surface area contributed by atoms with Gasteiger partial charge in [-0.15, -0.1) is 23.2 Å². The van der Waals surface area contributed by atoms with E-state index in [-0.39, 0.29) is 23.9 Å². The number of allylic oxidation sites excluding steroid dienone is 4. The average molecular weight is 508 g/mol. The van der Waals surface area contributed by atoms with Crippen LogP contribution >= 0.6 is 23.2 Å². The molecule has 0 bridgehead atoms. The number of alkyl halides is 2. The molecular formula is C27H36Cl2N2O3. The lowest BCUT2D eigenvalue weighted by Crippen LogP contribution is -2.36. The zero-order valence-corrected chi connectivity index (χ0v) is 22.6. The maximum atomic E-state index is 13.2. The lowest BCUT2D eigenvalue weighted by atomic mass is 9.70. The largest absolute Gasteiger partial charge is 0.369 e. The van der Waals surface area contributed by atoms with Gasteiger partial charge in [0.25, 0.3) is 0 Å². The van der Waals surface area contributed by atoms with Crippen LogP contribution in [-0.2, 0) is 14.4 Å². The Hall–Kier alpha value is -2.11. The van der Waals surface area contributed by atoms with Crippen molar-refractivity contribution in [3.8, 4) is 0 Å². The topological polar surface area (TPSA) is 57.7 Å². The first kappa shape index (κ1) is 28.1. The van der Waals surface area contributed by atoms with Gasteiger partial charge in [-0.1, -0.05) is 27.2 Å². The van der Waals surface area contributed by atoms with Gasteiger partial charge in [-0.2, -0.15) is 0 Å². The molecule has 1 aromatic carbocycles. The van der Waals surface area contributed by atoms with Crippen molar-refractivity contribution < 1.29 is 14.4 Å². The van der Waals surface area contributed by atoms with Crippen molar-refractivity contribution in [2.45, 2.75) is 53.9 Å². The average Bonchev–Trinajstić information content (AvgIpc) is 2.79. The van der Waals surface area contributed by atoms with E-state index in [1.165, 1.54) is 0 Å². The van der Waals surface area contributed by atoms with E-state index in [0.717, 1.165) is 17.8 Å². The lowest BCUT2D eigenvalue weighted by Gasteiger charge is -2.33. The quantitative estimate of drug-likeness (QED) is 0.275. The smallest absolute Gasteiger partial charge is 0.227 e. The Balaban J connectivity index is 2.22. The molecule has 2 rings (SSSR count). The van der Waals surface area contributed by atoms with Crippen LogP contribution in [0.15, 0.2) is 46.6 Å². The first-order valence-electron chi connectivity index (χ1n) is 11.7. The lowest BCUT2D eigenvalue weighted by molar-refractivity contribution is -0.121. The fourth-order valence-electron chi connectivity index (χ4n) is 4.56. The second-order valence-electron chi connectivity index (χ2n) is 9.41. The molecule has 0 fully saturated rings. The van der Waals surface area contributed by atoms with Crippen LogP contribution in [0.2, 0.25) is 0 Å². The van der Waals surface area contributed by atoms with E-state index in [1.54, 1.807) is 25.8 Å². The van der Waals surface area contributed by atoms with Crippen LogP contribution in [0.25, 0.3) is 0 Å². The fraction of sp³-hybridized carbons (Fsp3) is 0.519. The first-order chi connectivity index (χ1) is 16.0. The second kappa shape index (κ2) is 12.0. The van der Waals surface area contributed by atoms with E-state index in [2.05, 4.69) is 4.90 Å². The number of amides is 1. The van der Waals surface area contributed by atoms with E-state index in [4.69, 9.17) is 23.2 Å². The third-order valence-corrected chi connectivity index (χ3v) is 6.80. The molecule has 0 saturated carbocycles. The number of hydrogen-bond donors (Lipinski definition) is 0. The van der Waals surface area contributed by atoms with Crippen LogP contribution < -0.4 is 9.80 Å². The molecule has 5 nitrogen and oxygen atoms in total. The number of rotatable bonds is 11. The highest BCUT2D eigenvalue weighted by atomic mass is 35.5. The number of carbonyl (C=O) groups excluding carboxylic acids is 3. The molecule has 1 aliphatic rings. The normalized spacial score (nSPS) is 14.7. The molecule has 0 heterocycles. The van der Waals surface area contributed by atoms with Crippen LogP contribution in [0.5, 0.6) is 0 Å². The Morgan fingerprint density at radius 2 is 1.44 bits per heavy atom. The number of benzene rings is 1. The molecule has 186 valence electrons. The van der Waals surface area contributed by atoms with Crippen LogP contribution in [0.4, 0.5) is 11.4 Å². The van der Waals surface area contributed by atoms with Gasteiger partial charge in [0.15, 0.2) is 11.6 Å². The monoisotopic (exact) mass is 506 g/mol. The Kier molecular flexibility index (Phi) is 9.96. The summed E-state index contributed by atoms with van der Waals surface area (Å²) in [6.07, 6.45) is 1.50. The molecular weight excluding hydrogens is 471 g/mol. The molecule has 0 aromatic heterocycles. The molecule has 1 aromatic rings. The fourth-order valence-corrected chi connectivity index (χ4v) is 4.97. The maximum Gasteiger partial charge on any atom is 0.227 e. The predicted octanol–water partition coefficient (Wildman–Crippen LogP) is 5.93. The van der Waals surface area contributed by atoms with E-state index >= 15 is 0 Å². The van der Waals surface area contributed by atoms with Crippen LogP contribution in [-0.4, -0.2) is 49.4 Å². The van der Waals surface area contributed by atoms with Gasteiger partial charge in [-0.3, -0.25) is 14.4 Å². The standard InChI is InChI=1S/C27H36Cl2N2O3/c1-7-8-22-18(2)26(34)24(19(3)25(22)33)27(4,5)17-23(32)30(6)20-9-11-21(12-10-20)31(15-13-28)16-14-29/h9-12H,7-8,13-17H2,1-6H3. The van der Waals surface area contributed by atoms with Crippen molar-refractivity contribution in [2.24, 2.45) is 5.41 Å². The number of hydrogen-bond acceptors (Lipinski definition) is 4. The summed E-state index contributed by atoms with van der Waals surface area (Å²) < 4.78 is 0. The molecule has 0 aliphatic heterocycles. The van der Waals surface area contributed by atoms with Gasteiger partial charge in [-0.05, 0) is 44.5 Å². The Labute approximate surface area is 213 Å². The number of ketones is 2. The summed E-state index contributed by atoms with van der Waals surface area (Å²) in [4.78, 5) is 43.1. The summed E-state index contributed by atoms with van der Waals surface area (Å²) in [5.74, 6) is 0.674. The van der Waals surface area contributed by atoms with E-state index in [1.807, 2.05) is 45.0 Å². The Bertz CT molecular complexity index is 988. The summed E-state index contributed by atoms with van der Waals surface area (Å²) in [5.41, 5.74) is 2.98. The van der Waals surface area contributed by atoms with Crippen molar-refractivity contribution in [2.75, 3.05) is 41.7 Å². The third kappa shape index (κ3) is 6.11. The van der Waals surface area contributed by atoms with Crippen molar-refractivity contribution in [3.05, 3.63) is 46.6 Å². The van der Waals surface area contributed by atoms with Gasteiger partial charge >= 0.3 is 0 Å². The first-order valence-corrected chi connectivity index (χ1v) is 12.8. The molecule has 0 radical (unpaired) electrons. The van der Waals surface area contributed by atoms with Crippen LogP contribution in [0, 0.1) is 5.41 Å². The molecule has 0 N–H and O–H groups in total. The number of anilines is 2. The SMILES string of the molecule is CCCC1=C(C)C(=O)C(C(C)(C)CC(=O)N(C)c2ccc(N(CCCl)CCCl)cc2)=C(C)C1=O. The number of carbonyl (C=O) groups is 3. The summed E-state index contributed by atoms with van der Waals surface area (Å²) in [7, 11) is 1.72. The minimum absolute atomic E-state index is 0.0723. The van der Waals surface area contributed by atoms with E-state index in [9.17, 15) is 14.4 Å². The van der Waals surface area contributed by atoms with E-state index in [0.29, 0.717) is 53.6 Å². The van der Waals surface area contributed by atoms with Gasteiger partial charge < -0.3 is 9.80 Å². The molecule has 0 spiro atoms. The summed E-state index contributed by atoms with van der Waals surface area (Å²) in [5, 5.41) is 0. The molecule has 0 saturated heterocycles. The van der Waals surface area contributed by atoms with E-state index < -0.39 is 5.41 Å². The second-order valence-corrected chi connectivity index (χ2v) is 10.2.